The maximum atomic E-state index is 12.6. The molecule has 0 spiro atoms. The number of carbonyl (C=O) groups is 1. The van der Waals surface area contributed by atoms with E-state index >= 15 is 0 Å². The molecule has 114 valence electrons. The summed E-state index contributed by atoms with van der Waals surface area (Å²) in [6.45, 7) is 0. The van der Waals surface area contributed by atoms with E-state index < -0.39 is 6.03 Å². The van der Waals surface area contributed by atoms with Crippen LogP contribution in [0.2, 0.25) is 0 Å². The Labute approximate surface area is 135 Å². The Morgan fingerprint density at radius 1 is 0.696 bits per heavy atom. The summed E-state index contributed by atoms with van der Waals surface area (Å²) in [5, 5.41) is 0. The molecule has 0 aromatic heterocycles. The van der Waals surface area contributed by atoms with E-state index in [2.05, 4.69) is 5.43 Å². The molecule has 2 amide bonds. The number of anilines is 1. The molecule has 0 heterocycles. The summed E-state index contributed by atoms with van der Waals surface area (Å²) in [6, 6.07) is 28.0. The van der Waals surface area contributed by atoms with E-state index in [1.807, 2.05) is 91.0 Å². The van der Waals surface area contributed by atoms with Gasteiger partial charge < -0.3 is 5.73 Å². The van der Waals surface area contributed by atoms with Crippen molar-refractivity contribution in [2.45, 2.75) is 0 Å². The summed E-state index contributed by atoms with van der Waals surface area (Å²) < 4.78 is -0.286. The van der Waals surface area contributed by atoms with Crippen LogP contribution in [0.1, 0.15) is 0 Å². The number of rotatable bonds is 4. The number of nitrogens with two attached hydrogens (primary N) is 1. The lowest BCUT2D eigenvalue weighted by molar-refractivity contribution is 0.232. The maximum Gasteiger partial charge on any atom is 0.449 e. The largest absolute Gasteiger partial charge is 0.449 e. The van der Waals surface area contributed by atoms with Gasteiger partial charge in [0.1, 0.15) is 0 Å². The molecule has 0 bridgehead atoms. The zero-order chi connectivity index (χ0) is 16.1. The topological polar surface area (TPSA) is 55.1 Å². The number of nitrogens with one attached hydrogen (secondary N) is 1. The van der Waals surface area contributed by atoms with Crippen LogP contribution in [-0.4, -0.2) is 6.03 Å². The average Bonchev–Trinajstić information content (AvgIpc) is 2.62. The van der Waals surface area contributed by atoms with Crippen molar-refractivity contribution in [1.29, 1.82) is 0 Å². The summed E-state index contributed by atoms with van der Waals surface area (Å²) in [4.78, 5) is 12.6. The second kappa shape index (κ2) is 6.34. The van der Waals surface area contributed by atoms with Gasteiger partial charge in [0.25, 0.3) is 0 Å². The fourth-order valence-corrected chi connectivity index (χ4v) is 2.60. The van der Waals surface area contributed by atoms with Gasteiger partial charge in [-0.2, -0.15) is 0 Å². The first-order valence-electron chi connectivity index (χ1n) is 7.37. The number of benzene rings is 3. The first kappa shape index (κ1) is 14.8. The first-order chi connectivity index (χ1) is 11.2. The molecule has 0 fully saturated rings. The zero-order valence-electron chi connectivity index (χ0n) is 12.6. The van der Waals surface area contributed by atoms with E-state index in [-0.39, 0.29) is 4.59 Å². The number of carbonyl (C=O) groups excluding carboxylic acids is 1. The van der Waals surface area contributed by atoms with Crippen LogP contribution in [0.4, 0.5) is 21.9 Å². The van der Waals surface area contributed by atoms with Gasteiger partial charge in [-0.25, -0.2) is 10.2 Å². The highest BCUT2D eigenvalue weighted by Crippen LogP contribution is 2.34. The Hall–Kier alpha value is -3.11. The minimum Gasteiger partial charge on any atom is -0.316 e. The second-order valence-electron chi connectivity index (χ2n) is 5.16. The summed E-state index contributed by atoms with van der Waals surface area (Å²) in [5.41, 5.74) is 11.4. The average molecular weight is 304 g/mol. The molecular weight excluding hydrogens is 286 g/mol. The highest BCUT2D eigenvalue weighted by molar-refractivity contribution is 5.94. The van der Waals surface area contributed by atoms with Crippen molar-refractivity contribution >= 4 is 23.1 Å². The van der Waals surface area contributed by atoms with Crippen LogP contribution in [0.15, 0.2) is 91.0 Å². The van der Waals surface area contributed by atoms with Gasteiger partial charge in [-0.3, -0.25) is 0 Å². The Balaban J connectivity index is 2.21. The van der Waals surface area contributed by atoms with Crippen LogP contribution < -0.4 is 15.8 Å². The number of para-hydroxylation sites is 3. The number of quaternary nitrogens is 1. The molecule has 23 heavy (non-hydrogen) atoms. The lowest BCUT2D eigenvalue weighted by Crippen LogP contribution is -2.57. The third-order valence-corrected chi connectivity index (χ3v) is 3.69. The highest BCUT2D eigenvalue weighted by atomic mass is 16.2. The van der Waals surface area contributed by atoms with Gasteiger partial charge in [-0.05, 0) is 12.1 Å². The van der Waals surface area contributed by atoms with E-state index in [1.54, 1.807) is 0 Å². The summed E-state index contributed by atoms with van der Waals surface area (Å²) in [7, 11) is 0. The monoisotopic (exact) mass is 304 g/mol. The molecule has 0 aliphatic heterocycles. The normalized spacial score (nSPS) is 11.0. The van der Waals surface area contributed by atoms with Gasteiger partial charge >= 0.3 is 6.03 Å². The van der Waals surface area contributed by atoms with Gasteiger partial charge in [0.05, 0.1) is 5.69 Å². The number of primary amides is 1. The maximum absolute atomic E-state index is 12.6. The van der Waals surface area contributed by atoms with Crippen molar-refractivity contribution in [2.24, 2.45) is 5.73 Å². The van der Waals surface area contributed by atoms with Crippen molar-refractivity contribution in [3.05, 3.63) is 91.0 Å². The Morgan fingerprint density at radius 2 is 1.09 bits per heavy atom. The predicted octanol–water partition coefficient (Wildman–Crippen LogP) is 4.43. The van der Waals surface area contributed by atoms with Gasteiger partial charge in [0.2, 0.25) is 0 Å². The van der Waals surface area contributed by atoms with Crippen LogP contribution in [-0.2, 0) is 0 Å². The SMILES string of the molecule is NC(=O)[N+](Nc1ccccc1)(c1ccccc1)c1ccccc1. The standard InChI is InChI=1S/C19H17N3O/c20-19(23)22(17-12-6-2-7-13-17,18-14-8-3-9-15-18)21-16-10-4-1-5-11-16/h1-15,21H,(H-,20,23)/p+1. The molecular formula is C19H18N3O+. The molecule has 4 heteroatoms. The minimum absolute atomic E-state index is 0.286. The van der Waals surface area contributed by atoms with E-state index in [4.69, 9.17) is 5.73 Å². The van der Waals surface area contributed by atoms with Gasteiger partial charge in [-0.1, -0.05) is 59.2 Å². The number of hydrogen-bond acceptors (Lipinski definition) is 2. The lowest BCUT2D eigenvalue weighted by Gasteiger charge is -2.33. The summed E-state index contributed by atoms with van der Waals surface area (Å²) in [6.07, 6.45) is 0. The fraction of sp³-hybridized carbons (Fsp3) is 0. The van der Waals surface area contributed by atoms with Crippen LogP contribution in [0.3, 0.4) is 0 Å². The molecule has 3 aromatic rings. The molecule has 0 radical (unpaired) electrons. The number of hydrogen-bond donors (Lipinski definition) is 2. The van der Waals surface area contributed by atoms with Crippen molar-refractivity contribution in [3.8, 4) is 0 Å². The molecule has 3 aromatic carbocycles. The van der Waals surface area contributed by atoms with Gasteiger partial charge in [-0.15, -0.1) is 0 Å². The van der Waals surface area contributed by atoms with Crippen molar-refractivity contribution in [1.82, 2.24) is 4.59 Å². The smallest absolute Gasteiger partial charge is 0.316 e. The van der Waals surface area contributed by atoms with E-state index in [1.165, 1.54) is 0 Å². The molecule has 3 rings (SSSR count). The lowest BCUT2D eigenvalue weighted by atomic mass is 10.2. The van der Waals surface area contributed by atoms with Crippen molar-refractivity contribution < 1.29 is 4.79 Å². The number of urea groups is 1. The Kier molecular flexibility index (Phi) is 4.08. The number of amides is 2. The van der Waals surface area contributed by atoms with Crippen LogP contribution in [0.25, 0.3) is 0 Å². The molecule has 0 aliphatic rings. The van der Waals surface area contributed by atoms with Gasteiger partial charge in [0.15, 0.2) is 11.4 Å². The van der Waals surface area contributed by atoms with E-state index in [0.717, 1.165) is 17.1 Å². The molecule has 4 nitrogen and oxygen atoms in total. The Bertz CT molecular complexity index is 734. The van der Waals surface area contributed by atoms with E-state index in [0.29, 0.717) is 0 Å². The van der Waals surface area contributed by atoms with Crippen molar-refractivity contribution in [2.75, 3.05) is 5.43 Å². The van der Waals surface area contributed by atoms with Crippen LogP contribution in [0, 0.1) is 0 Å². The molecule has 0 atom stereocenters. The fourth-order valence-electron chi connectivity index (χ4n) is 2.60. The first-order valence-corrected chi connectivity index (χ1v) is 7.37. The minimum atomic E-state index is -0.508. The second-order valence-corrected chi connectivity index (χ2v) is 5.16. The molecule has 0 unspecified atom stereocenters. The van der Waals surface area contributed by atoms with Crippen LogP contribution >= 0.6 is 0 Å². The Morgan fingerprint density at radius 3 is 1.48 bits per heavy atom. The summed E-state index contributed by atoms with van der Waals surface area (Å²) in [5.74, 6) is 0. The number of nitrogens with zero attached hydrogens (tertiary/aromatic N) is 1. The summed E-state index contributed by atoms with van der Waals surface area (Å²) >= 11 is 0. The predicted molar refractivity (Wildman–Crippen MR) is 94.0 cm³/mol. The molecule has 3 N–H and O–H groups in total. The van der Waals surface area contributed by atoms with E-state index in [9.17, 15) is 4.79 Å². The molecule has 0 saturated carbocycles. The zero-order valence-corrected chi connectivity index (χ0v) is 12.6. The van der Waals surface area contributed by atoms with Crippen LogP contribution in [0.5, 0.6) is 0 Å². The third-order valence-electron chi connectivity index (χ3n) is 3.69. The van der Waals surface area contributed by atoms with Crippen molar-refractivity contribution in [3.63, 3.8) is 0 Å². The quantitative estimate of drug-likeness (QED) is 0.553. The van der Waals surface area contributed by atoms with Gasteiger partial charge in [0, 0.05) is 24.3 Å². The molecule has 0 aliphatic carbocycles. The third kappa shape index (κ3) is 2.80. The highest BCUT2D eigenvalue weighted by Gasteiger charge is 2.41. The molecule has 0 saturated heterocycles.